The van der Waals surface area contributed by atoms with Crippen LogP contribution in [0.1, 0.15) is 0 Å². The molecule has 4 aromatic rings. The second kappa shape index (κ2) is 7.29. The third kappa shape index (κ3) is 4.12. The van der Waals surface area contributed by atoms with Crippen molar-refractivity contribution in [3.63, 3.8) is 0 Å². The zero-order chi connectivity index (χ0) is 17.7. The number of fused-ring (bicyclic) bond motifs is 1. The summed E-state index contributed by atoms with van der Waals surface area (Å²) >= 11 is 0. The zero-order valence-electron chi connectivity index (χ0n) is 13.2. The highest BCUT2D eigenvalue weighted by Crippen LogP contribution is 2.22. The molecule has 0 bridgehead atoms. The van der Waals surface area contributed by atoms with Crippen LogP contribution in [0.3, 0.4) is 0 Å². The minimum absolute atomic E-state index is 0.0457. The van der Waals surface area contributed by atoms with Crippen LogP contribution in [-0.2, 0) is 10.1 Å². The molecule has 1 aromatic heterocycles. The fourth-order valence-electron chi connectivity index (χ4n) is 2.44. The van der Waals surface area contributed by atoms with Gasteiger partial charge >= 0.3 is 0 Å². The van der Waals surface area contributed by atoms with E-state index in [2.05, 4.69) is 9.97 Å². The van der Waals surface area contributed by atoms with Crippen LogP contribution in [0, 0.1) is 0 Å². The van der Waals surface area contributed by atoms with Gasteiger partial charge in [-0.2, -0.15) is 8.42 Å². The van der Waals surface area contributed by atoms with E-state index in [1.807, 2.05) is 42.6 Å². The Morgan fingerprint density at radius 3 is 2.20 bits per heavy atom. The molecule has 0 saturated heterocycles. The van der Waals surface area contributed by atoms with Crippen LogP contribution in [0.4, 0.5) is 0 Å². The summed E-state index contributed by atoms with van der Waals surface area (Å²) in [4.78, 5) is 7.13. The lowest BCUT2D eigenvalue weighted by atomic mass is 10.1. The minimum Gasteiger partial charge on any atom is -0.345 e. The van der Waals surface area contributed by atoms with Gasteiger partial charge in [0.2, 0.25) is 0 Å². The van der Waals surface area contributed by atoms with Gasteiger partial charge in [-0.15, -0.1) is 0 Å². The number of benzene rings is 3. The van der Waals surface area contributed by atoms with Gasteiger partial charge in [0, 0.05) is 23.3 Å². The molecule has 0 radical (unpaired) electrons. The van der Waals surface area contributed by atoms with Gasteiger partial charge in [-0.3, -0.25) is 4.55 Å². The van der Waals surface area contributed by atoms with E-state index in [1.165, 1.54) is 6.07 Å². The number of nitrogens with zero attached hydrogens (tertiary/aromatic N) is 1. The molecule has 0 fully saturated rings. The number of imidazole rings is 1. The standard InChI is InChI=1S/C10H8O3S.C9H8N2/c11-14(12,13)10-7-3-5-8-4-1-2-6-9(8)10;1-2-4-8(5-3-1)9-10-6-7-11-9/h1-7H,(H,11,12,13);1-7H,(H,10,11). The maximum absolute atomic E-state index is 11.0. The Morgan fingerprint density at radius 2 is 1.52 bits per heavy atom. The summed E-state index contributed by atoms with van der Waals surface area (Å²) in [6.45, 7) is 0. The Labute approximate surface area is 145 Å². The SMILES string of the molecule is O=S(=O)(O)c1cccc2ccccc12.c1ccc(-c2ncc[nH]2)cc1. The molecule has 0 unspecified atom stereocenters. The number of H-pyrrole nitrogens is 1. The molecule has 0 atom stereocenters. The van der Waals surface area contributed by atoms with Crippen LogP contribution in [0.25, 0.3) is 22.2 Å². The largest absolute Gasteiger partial charge is 0.345 e. The number of hydrogen-bond donors (Lipinski definition) is 2. The fraction of sp³-hybridized carbons (Fsp3) is 0. The smallest absolute Gasteiger partial charge is 0.295 e. The van der Waals surface area contributed by atoms with Gasteiger partial charge in [0.15, 0.2) is 0 Å². The molecular weight excluding hydrogens is 336 g/mol. The molecule has 126 valence electrons. The summed E-state index contributed by atoms with van der Waals surface area (Å²) in [6.07, 6.45) is 3.57. The van der Waals surface area contributed by atoms with Gasteiger partial charge in [-0.05, 0) is 11.5 Å². The minimum atomic E-state index is -4.13. The molecule has 25 heavy (non-hydrogen) atoms. The van der Waals surface area contributed by atoms with Crippen molar-refractivity contribution < 1.29 is 13.0 Å². The fourth-order valence-corrected chi connectivity index (χ4v) is 3.15. The van der Waals surface area contributed by atoms with E-state index in [0.29, 0.717) is 5.39 Å². The van der Waals surface area contributed by atoms with Crippen LogP contribution in [0.5, 0.6) is 0 Å². The number of aromatic amines is 1. The van der Waals surface area contributed by atoms with Crippen molar-refractivity contribution in [2.45, 2.75) is 4.90 Å². The highest BCUT2D eigenvalue weighted by Gasteiger charge is 2.12. The van der Waals surface area contributed by atoms with E-state index in [1.54, 1.807) is 36.5 Å². The summed E-state index contributed by atoms with van der Waals surface area (Å²) in [5, 5.41) is 1.33. The molecule has 5 nitrogen and oxygen atoms in total. The summed E-state index contributed by atoms with van der Waals surface area (Å²) in [7, 11) is -4.13. The average molecular weight is 352 g/mol. The number of hydrogen-bond acceptors (Lipinski definition) is 3. The monoisotopic (exact) mass is 352 g/mol. The second-order valence-electron chi connectivity index (χ2n) is 5.26. The Kier molecular flexibility index (Phi) is 4.92. The molecule has 0 saturated carbocycles. The molecule has 2 N–H and O–H groups in total. The molecule has 6 heteroatoms. The Bertz CT molecular complexity index is 1050. The van der Waals surface area contributed by atoms with E-state index < -0.39 is 10.1 Å². The Hall–Kier alpha value is -2.96. The summed E-state index contributed by atoms with van der Waals surface area (Å²) in [6, 6.07) is 21.8. The quantitative estimate of drug-likeness (QED) is 0.531. The maximum Gasteiger partial charge on any atom is 0.295 e. The molecule has 0 spiro atoms. The van der Waals surface area contributed by atoms with E-state index in [-0.39, 0.29) is 4.90 Å². The van der Waals surface area contributed by atoms with Gasteiger partial charge in [0.05, 0.1) is 0 Å². The van der Waals surface area contributed by atoms with Crippen LogP contribution >= 0.6 is 0 Å². The van der Waals surface area contributed by atoms with Gasteiger partial charge < -0.3 is 4.98 Å². The average Bonchev–Trinajstić information content (AvgIpc) is 3.16. The first-order chi connectivity index (χ1) is 12.1. The maximum atomic E-state index is 11.0. The first-order valence-corrected chi connectivity index (χ1v) is 9.00. The first kappa shape index (κ1) is 16.9. The Morgan fingerprint density at radius 1 is 0.840 bits per heavy atom. The first-order valence-electron chi connectivity index (χ1n) is 7.56. The predicted molar refractivity (Wildman–Crippen MR) is 97.8 cm³/mol. The molecule has 0 amide bonds. The van der Waals surface area contributed by atoms with E-state index in [9.17, 15) is 8.42 Å². The predicted octanol–water partition coefficient (Wildman–Crippen LogP) is 4.16. The van der Waals surface area contributed by atoms with E-state index in [4.69, 9.17) is 4.55 Å². The van der Waals surface area contributed by atoms with Crippen molar-refractivity contribution in [1.82, 2.24) is 9.97 Å². The van der Waals surface area contributed by atoms with Gasteiger partial charge in [0.25, 0.3) is 10.1 Å². The highest BCUT2D eigenvalue weighted by molar-refractivity contribution is 7.86. The lowest BCUT2D eigenvalue weighted by molar-refractivity contribution is 0.484. The van der Waals surface area contributed by atoms with Crippen molar-refractivity contribution in [3.8, 4) is 11.4 Å². The van der Waals surface area contributed by atoms with Crippen molar-refractivity contribution in [1.29, 1.82) is 0 Å². The van der Waals surface area contributed by atoms with Gasteiger partial charge in [-0.25, -0.2) is 4.98 Å². The van der Waals surface area contributed by atoms with Gasteiger partial charge in [0.1, 0.15) is 10.7 Å². The summed E-state index contributed by atoms with van der Waals surface area (Å²) < 4.78 is 31.0. The van der Waals surface area contributed by atoms with Crippen molar-refractivity contribution >= 4 is 20.9 Å². The Balaban J connectivity index is 0.000000150. The molecule has 0 aliphatic carbocycles. The van der Waals surface area contributed by atoms with E-state index >= 15 is 0 Å². The summed E-state index contributed by atoms with van der Waals surface area (Å²) in [5.74, 6) is 0.922. The van der Waals surface area contributed by atoms with Crippen molar-refractivity contribution in [3.05, 3.63) is 85.2 Å². The summed E-state index contributed by atoms with van der Waals surface area (Å²) in [5.41, 5.74) is 1.12. The van der Waals surface area contributed by atoms with E-state index in [0.717, 1.165) is 16.8 Å². The van der Waals surface area contributed by atoms with Crippen LogP contribution in [-0.4, -0.2) is 22.9 Å². The van der Waals surface area contributed by atoms with Crippen LogP contribution in [0.15, 0.2) is 90.1 Å². The van der Waals surface area contributed by atoms with Crippen LogP contribution < -0.4 is 0 Å². The molecule has 4 rings (SSSR count). The highest BCUT2D eigenvalue weighted by atomic mass is 32.2. The second-order valence-corrected chi connectivity index (χ2v) is 6.65. The normalized spacial score (nSPS) is 10.9. The topological polar surface area (TPSA) is 83.1 Å². The third-order valence-electron chi connectivity index (χ3n) is 3.57. The lowest BCUT2D eigenvalue weighted by Gasteiger charge is -2.02. The molecule has 0 aliphatic rings. The van der Waals surface area contributed by atoms with Crippen molar-refractivity contribution in [2.75, 3.05) is 0 Å². The van der Waals surface area contributed by atoms with Crippen LogP contribution in [0.2, 0.25) is 0 Å². The molecular formula is C19H16N2O3S. The number of rotatable bonds is 2. The molecule has 1 heterocycles. The number of aromatic nitrogens is 2. The molecule has 3 aromatic carbocycles. The number of nitrogens with one attached hydrogen (secondary N) is 1. The third-order valence-corrected chi connectivity index (χ3v) is 4.48. The zero-order valence-corrected chi connectivity index (χ0v) is 14.0. The van der Waals surface area contributed by atoms with Crippen molar-refractivity contribution in [2.24, 2.45) is 0 Å². The molecule has 0 aliphatic heterocycles. The lowest BCUT2D eigenvalue weighted by Crippen LogP contribution is -1.98. The van der Waals surface area contributed by atoms with Gasteiger partial charge in [-0.1, -0.05) is 66.7 Å².